The van der Waals surface area contributed by atoms with Crippen LogP contribution in [-0.4, -0.2) is 15.7 Å². The molecule has 0 saturated heterocycles. The molecule has 0 amide bonds. The zero-order valence-corrected chi connectivity index (χ0v) is 14.7. The highest BCUT2D eigenvalue weighted by molar-refractivity contribution is 5.99. The van der Waals surface area contributed by atoms with Crippen LogP contribution in [0.3, 0.4) is 0 Å². The zero-order valence-electron chi connectivity index (χ0n) is 14.7. The van der Waals surface area contributed by atoms with E-state index in [0.717, 1.165) is 35.5 Å². The standard InChI is InChI=1S/C19H26N4/c1-6-17-12-18(7-2)21-19(20-17)23-22-14(5)16-10-8-9-15(11-16)13(3)4/h8-13H,6-7H2,1-5H3,(H,20,21,23). The second kappa shape index (κ2) is 7.86. The second-order valence-electron chi connectivity index (χ2n) is 5.97. The largest absolute Gasteiger partial charge is 0.245 e. The lowest BCUT2D eigenvalue weighted by Gasteiger charge is -2.09. The van der Waals surface area contributed by atoms with Gasteiger partial charge in [0.05, 0.1) is 5.71 Å². The topological polar surface area (TPSA) is 50.2 Å². The minimum absolute atomic E-state index is 0.507. The van der Waals surface area contributed by atoms with Crippen molar-refractivity contribution in [2.45, 2.75) is 53.4 Å². The van der Waals surface area contributed by atoms with E-state index in [1.165, 1.54) is 5.56 Å². The van der Waals surface area contributed by atoms with Gasteiger partial charge in [-0.05, 0) is 48.9 Å². The molecular formula is C19H26N4. The fourth-order valence-corrected chi connectivity index (χ4v) is 2.29. The number of aromatic nitrogens is 2. The van der Waals surface area contributed by atoms with E-state index in [0.29, 0.717) is 11.9 Å². The van der Waals surface area contributed by atoms with Gasteiger partial charge in [0.1, 0.15) is 0 Å². The number of nitrogens with one attached hydrogen (secondary N) is 1. The van der Waals surface area contributed by atoms with Crippen LogP contribution in [0.1, 0.15) is 63.1 Å². The van der Waals surface area contributed by atoms with Gasteiger partial charge in [0, 0.05) is 11.4 Å². The predicted molar refractivity (Wildman–Crippen MR) is 97.2 cm³/mol. The van der Waals surface area contributed by atoms with Gasteiger partial charge in [-0.25, -0.2) is 15.4 Å². The third-order valence-electron chi connectivity index (χ3n) is 3.85. The molecule has 0 aliphatic heterocycles. The molecule has 4 nitrogen and oxygen atoms in total. The summed E-state index contributed by atoms with van der Waals surface area (Å²) in [6, 6.07) is 10.5. The number of hydrogen-bond donors (Lipinski definition) is 1. The minimum Gasteiger partial charge on any atom is -0.245 e. The molecule has 4 heteroatoms. The summed E-state index contributed by atoms with van der Waals surface area (Å²) in [5.74, 6) is 1.08. The van der Waals surface area contributed by atoms with Gasteiger partial charge in [0.25, 0.3) is 0 Å². The van der Waals surface area contributed by atoms with Crippen molar-refractivity contribution in [3.63, 3.8) is 0 Å². The first-order valence-electron chi connectivity index (χ1n) is 8.31. The highest BCUT2D eigenvalue weighted by Gasteiger charge is 2.04. The molecule has 1 aromatic carbocycles. The summed E-state index contributed by atoms with van der Waals surface area (Å²) in [4.78, 5) is 8.96. The van der Waals surface area contributed by atoms with E-state index in [4.69, 9.17) is 0 Å². The summed E-state index contributed by atoms with van der Waals surface area (Å²) in [7, 11) is 0. The van der Waals surface area contributed by atoms with Crippen molar-refractivity contribution in [2.24, 2.45) is 5.10 Å². The van der Waals surface area contributed by atoms with E-state index in [1.54, 1.807) is 0 Å². The number of benzene rings is 1. The Bertz CT molecular complexity index is 667. The molecule has 2 aromatic rings. The fraction of sp³-hybridized carbons (Fsp3) is 0.421. The SMILES string of the molecule is CCc1cc(CC)nc(NN=C(C)c2cccc(C(C)C)c2)n1. The van der Waals surface area contributed by atoms with Crippen molar-refractivity contribution in [3.05, 3.63) is 52.8 Å². The molecule has 1 heterocycles. The molecule has 1 aromatic heterocycles. The second-order valence-corrected chi connectivity index (χ2v) is 5.97. The summed E-state index contributed by atoms with van der Waals surface area (Å²) in [6.45, 7) is 10.6. The quantitative estimate of drug-likeness (QED) is 0.628. The van der Waals surface area contributed by atoms with E-state index in [-0.39, 0.29) is 0 Å². The van der Waals surface area contributed by atoms with E-state index < -0.39 is 0 Å². The molecule has 0 bridgehead atoms. The normalized spacial score (nSPS) is 11.8. The molecule has 0 radical (unpaired) electrons. The first-order valence-corrected chi connectivity index (χ1v) is 8.31. The van der Waals surface area contributed by atoms with Gasteiger partial charge in [-0.1, -0.05) is 45.9 Å². The smallest absolute Gasteiger partial charge is 0.243 e. The maximum Gasteiger partial charge on any atom is 0.243 e. The average Bonchev–Trinajstić information content (AvgIpc) is 2.59. The Morgan fingerprint density at radius 2 is 1.74 bits per heavy atom. The van der Waals surface area contributed by atoms with Crippen LogP contribution in [0.5, 0.6) is 0 Å². The summed E-state index contributed by atoms with van der Waals surface area (Å²) in [5, 5.41) is 4.46. The predicted octanol–water partition coefficient (Wildman–Crippen LogP) is 4.56. The monoisotopic (exact) mass is 310 g/mol. The fourth-order valence-electron chi connectivity index (χ4n) is 2.29. The Balaban J connectivity index is 2.20. The van der Waals surface area contributed by atoms with Crippen molar-refractivity contribution >= 4 is 11.7 Å². The first-order chi connectivity index (χ1) is 11.0. The molecule has 0 saturated carbocycles. The van der Waals surface area contributed by atoms with Gasteiger partial charge in [0.15, 0.2) is 0 Å². The van der Waals surface area contributed by atoms with E-state index in [1.807, 2.05) is 13.0 Å². The van der Waals surface area contributed by atoms with E-state index in [2.05, 4.69) is 72.5 Å². The van der Waals surface area contributed by atoms with Crippen LogP contribution in [0.4, 0.5) is 5.95 Å². The molecule has 23 heavy (non-hydrogen) atoms. The van der Waals surface area contributed by atoms with Crippen LogP contribution < -0.4 is 5.43 Å². The summed E-state index contributed by atoms with van der Waals surface area (Å²) >= 11 is 0. The molecule has 0 fully saturated rings. The highest BCUT2D eigenvalue weighted by atomic mass is 15.4. The lowest BCUT2D eigenvalue weighted by atomic mass is 9.99. The molecular weight excluding hydrogens is 284 g/mol. The summed E-state index contributed by atoms with van der Waals surface area (Å²) in [5.41, 5.74) is 8.44. The number of nitrogens with zero attached hydrogens (tertiary/aromatic N) is 3. The summed E-state index contributed by atoms with van der Waals surface area (Å²) < 4.78 is 0. The van der Waals surface area contributed by atoms with Crippen LogP contribution in [0.15, 0.2) is 35.4 Å². The van der Waals surface area contributed by atoms with Gasteiger partial charge < -0.3 is 0 Å². The van der Waals surface area contributed by atoms with Crippen LogP contribution >= 0.6 is 0 Å². The third kappa shape index (κ3) is 4.62. The van der Waals surface area contributed by atoms with Crippen LogP contribution in [0.2, 0.25) is 0 Å². The molecule has 1 N–H and O–H groups in total. The maximum absolute atomic E-state index is 4.48. The number of hydrogen-bond acceptors (Lipinski definition) is 4. The molecule has 122 valence electrons. The molecule has 0 atom stereocenters. The van der Waals surface area contributed by atoms with Crippen LogP contribution in [-0.2, 0) is 12.8 Å². The molecule has 0 aliphatic carbocycles. The van der Waals surface area contributed by atoms with Crippen LogP contribution in [0.25, 0.3) is 0 Å². The third-order valence-corrected chi connectivity index (χ3v) is 3.85. The minimum atomic E-state index is 0.507. The van der Waals surface area contributed by atoms with Gasteiger partial charge in [-0.3, -0.25) is 0 Å². The van der Waals surface area contributed by atoms with Crippen LogP contribution in [0, 0.1) is 0 Å². The van der Waals surface area contributed by atoms with Crippen molar-refractivity contribution < 1.29 is 0 Å². The van der Waals surface area contributed by atoms with Crippen molar-refractivity contribution in [1.82, 2.24) is 9.97 Å². The van der Waals surface area contributed by atoms with Gasteiger partial charge >= 0.3 is 0 Å². The van der Waals surface area contributed by atoms with Gasteiger partial charge in [-0.2, -0.15) is 5.10 Å². The Kier molecular flexibility index (Phi) is 5.85. The molecule has 0 unspecified atom stereocenters. The van der Waals surface area contributed by atoms with Gasteiger partial charge in [-0.15, -0.1) is 0 Å². The molecule has 2 rings (SSSR count). The average molecular weight is 310 g/mol. The first kappa shape index (κ1) is 17.1. The van der Waals surface area contributed by atoms with Crippen molar-refractivity contribution in [2.75, 3.05) is 5.43 Å². The highest BCUT2D eigenvalue weighted by Crippen LogP contribution is 2.16. The Labute approximate surface area is 139 Å². The maximum atomic E-state index is 4.48. The van der Waals surface area contributed by atoms with Crippen molar-refractivity contribution in [1.29, 1.82) is 0 Å². The number of aryl methyl sites for hydroxylation is 2. The van der Waals surface area contributed by atoms with E-state index in [9.17, 15) is 0 Å². The number of rotatable bonds is 6. The molecule has 0 aliphatic rings. The van der Waals surface area contributed by atoms with Gasteiger partial charge in [0.2, 0.25) is 5.95 Å². The lowest BCUT2D eigenvalue weighted by Crippen LogP contribution is -2.06. The Morgan fingerprint density at radius 3 is 2.30 bits per heavy atom. The Hall–Kier alpha value is -2.23. The Morgan fingerprint density at radius 1 is 1.09 bits per heavy atom. The zero-order chi connectivity index (χ0) is 16.8. The summed E-state index contributed by atoms with van der Waals surface area (Å²) in [6.07, 6.45) is 1.78. The number of anilines is 1. The van der Waals surface area contributed by atoms with E-state index >= 15 is 0 Å². The lowest BCUT2D eigenvalue weighted by molar-refractivity contribution is 0.866. The molecule has 0 spiro atoms. The van der Waals surface area contributed by atoms with Crippen molar-refractivity contribution in [3.8, 4) is 0 Å². The number of hydrazone groups is 1.